The predicted molar refractivity (Wildman–Crippen MR) is 79.6 cm³/mol. The van der Waals surface area contributed by atoms with Crippen molar-refractivity contribution in [3.63, 3.8) is 0 Å². The van der Waals surface area contributed by atoms with Crippen LogP contribution in [0.2, 0.25) is 0 Å². The molecule has 2 rings (SSSR count). The lowest BCUT2D eigenvalue weighted by Crippen LogP contribution is -2.28. The summed E-state index contributed by atoms with van der Waals surface area (Å²) in [6, 6.07) is 0.707. The Bertz CT molecular complexity index is 386. The third-order valence-corrected chi connectivity index (χ3v) is 4.80. The molecule has 1 aliphatic heterocycles. The Morgan fingerprint density at radius 2 is 2.28 bits per heavy atom. The lowest BCUT2D eigenvalue weighted by atomic mass is 10.1. The van der Waals surface area contributed by atoms with Gasteiger partial charge in [0.15, 0.2) is 5.13 Å². The largest absolute Gasteiger partial charge is 0.345 e. The van der Waals surface area contributed by atoms with Gasteiger partial charge in [-0.25, -0.2) is 4.98 Å². The zero-order valence-corrected chi connectivity index (χ0v) is 12.8. The number of hydrogen-bond acceptors (Lipinski definition) is 4. The molecule has 102 valence electrons. The second-order valence-corrected chi connectivity index (χ2v) is 6.45. The lowest BCUT2D eigenvalue weighted by Gasteiger charge is -2.22. The van der Waals surface area contributed by atoms with Crippen LogP contribution in [0, 0.1) is 0 Å². The summed E-state index contributed by atoms with van der Waals surface area (Å²) in [4.78, 5) is 8.84. The predicted octanol–water partition coefficient (Wildman–Crippen LogP) is 3.36. The number of thiazole rings is 1. The number of rotatable bonds is 5. The molecule has 0 aliphatic carbocycles. The van der Waals surface area contributed by atoms with E-state index in [0.29, 0.717) is 12.0 Å². The van der Waals surface area contributed by atoms with Crippen LogP contribution in [0.5, 0.6) is 0 Å². The van der Waals surface area contributed by atoms with Gasteiger partial charge in [0.1, 0.15) is 0 Å². The van der Waals surface area contributed by atoms with Gasteiger partial charge in [0.25, 0.3) is 0 Å². The smallest absolute Gasteiger partial charge is 0.186 e. The van der Waals surface area contributed by atoms with Gasteiger partial charge in [-0.05, 0) is 32.2 Å². The normalized spacial score (nSPS) is 20.1. The molecule has 18 heavy (non-hydrogen) atoms. The average Bonchev–Trinajstić information content (AvgIpc) is 2.94. The summed E-state index contributed by atoms with van der Waals surface area (Å²) in [5.74, 6) is 0.515. The second kappa shape index (κ2) is 6.02. The van der Waals surface area contributed by atoms with E-state index in [-0.39, 0.29) is 0 Å². The fourth-order valence-electron chi connectivity index (χ4n) is 2.72. The molecule has 0 radical (unpaired) electrons. The van der Waals surface area contributed by atoms with Crippen LogP contribution >= 0.6 is 11.3 Å². The van der Waals surface area contributed by atoms with Gasteiger partial charge in [-0.15, -0.1) is 11.3 Å². The Morgan fingerprint density at radius 3 is 2.89 bits per heavy atom. The highest BCUT2D eigenvalue weighted by Gasteiger charge is 2.26. The molecule has 1 N–H and O–H groups in total. The molecule has 1 aromatic heterocycles. The van der Waals surface area contributed by atoms with E-state index in [0.717, 1.165) is 6.54 Å². The summed E-state index contributed by atoms with van der Waals surface area (Å²) in [6.45, 7) is 8.88. The quantitative estimate of drug-likeness (QED) is 0.886. The molecular weight excluding hydrogens is 242 g/mol. The van der Waals surface area contributed by atoms with E-state index in [9.17, 15) is 0 Å². The Balaban J connectivity index is 2.25. The van der Waals surface area contributed by atoms with Crippen molar-refractivity contribution in [2.45, 2.75) is 58.5 Å². The zero-order valence-electron chi connectivity index (χ0n) is 12.0. The van der Waals surface area contributed by atoms with Gasteiger partial charge in [0, 0.05) is 24.0 Å². The summed E-state index contributed by atoms with van der Waals surface area (Å²) in [6.07, 6.45) is 3.88. The van der Waals surface area contributed by atoms with Gasteiger partial charge in [0.2, 0.25) is 0 Å². The second-order valence-electron chi connectivity index (χ2n) is 5.39. The van der Waals surface area contributed by atoms with Crippen LogP contribution in [0.15, 0.2) is 0 Å². The maximum Gasteiger partial charge on any atom is 0.186 e. The minimum atomic E-state index is 0.515. The standard InChI is InChI=1S/C14H25N3S/c1-5-11-7-6-8-17(11)14-16-13(10(2)3)12(18-14)9-15-4/h10-11,15H,5-9H2,1-4H3. The molecule has 0 spiro atoms. The third-order valence-electron chi connectivity index (χ3n) is 3.69. The van der Waals surface area contributed by atoms with Crippen molar-refractivity contribution in [1.82, 2.24) is 10.3 Å². The Morgan fingerprint density at radius 1 is 1.50 bits per heavy atom. The highest BCUT2D eigenvalue weighted by molar-refractivity contribution is 7.15. The number of hydrogen-bond donors (Lipinski definition) is 1. The van der Waals surface area contributed by atoms with Gasteiger partial charge in [-0.1, -0.05) is 20.8 Å². The van der Waals surface area contributed by atoms with E-state index in [4.69, 9.17) is 4.98 Å². The summed E-state index contributed by atoms with van der Waals surface area (Å²) in [5, 5.41) is 4.50. The number of aromatic nitrogens is 1. The van der Waals surface area contributed by atoms with Crippen LogP contribution in [0.25, 0.3) is 0 Å². The van der Waals surface area contributed by atoms with Gasteiger partial charge in [-0.2, -0.15) is 0 Å². The van der Waals surface area contributed by atoms with Crippen molar-refractivity contribution in [3.8, 4) is 0 Å². The van der Waals surface area contributed by atoms with Crippen molar-refractivity contribution < 1.29 is 0 Å². The summed E-state index contributed by atoms with van der Waals surface area (Å²) in [5.41, 5.74) is 1.28. The van der Waals surface area contributed by atoms with Crippen LogP contribution < -0.4 is 10.2 Å². The molecule has 3 nitrogen and oxygen atoms in total. The van der Waals surface area contributed by atoms with Crippen LogP contribution in [0.1, 0.15) is 56.5 Å². The molecule has 1 fully saturated rings. The van der Waals surface area contributed by atoms with E-state index in [1.54, 1.807) is 0 Å². The van der Waals surface area contributed by atoms with E-state index in [2.05, 4.69) is 31.0 Å². The molecule has 2 heterocycles. The highest BCUT2D eigenvalue weighted by Crippen LogP contribution is 2.35. The SMILES string of the molecule is CCC1CCCN1c1nc(C(C)C)c(CNC)s1. The molecule has 0 aromatic carbocycles. The van der Waals surface area contributed by atoms with Crippen molar-refractivity contribution in [3.05, 3.63) is 10.6 Å². The molecule has 1 saturated heterocycles. The van der Waals surface area contributed by atoms with Gasteiger partial charge in [0.05, 0.1) is 5.69 Å². The van der Waals surface area contributed by atoms with Crippen LogP contribution in [-0.2, 0) is 6.54 Å². The monoisotopic (exact) mass is 267 g/mol. The van der Waals surface area contributed by atoms with E-state index < -0.39 is 0 Å². The Labute approximate surface area is 115 Å². The van der Waals surface area contributed by atoms with Crippen LogP contribution in [-0.4, -0.2) is 24.6 Å². The molecule has 0 saturated carbocycles. The number of anilines is 1. The van der Waals surface area contributed by atoms with Gasteiger partial charge >= 0.3 is 0 Å². The van der Waals surface area contributed by atoms with Crippen LogP contribution in [0.4, 0.5) is 5.13 Å². The molecule has 1 aliphatic rings. The third kappa shape index (κ3) is 2.69. The van der Waals surface area contributed by atoms with Gasteiger partial charge in [-0.3, -0.25) is 0 Å². The molecule has 0 bridgehead atoms. The minimum Gasteiger partial charge on any atom is -0.345 e. The van der Waals surface area contributed by atoms with E-state index in [1.807, 2.05) is 18.4 Å². The zero-order chi connectivity index (χ0) is 13.1. The molecule has 1 aromatic rings. The first-order valence-corrected chi connectivity index (χ1v) is 7.89. The van der Waals surface area contributed by atoms with Crippen molar-refractivity contribution in [1.29, 1.82) is 0 Å². The number of nitrogens with one attached hydrogen (secondary N) is 1. The van der Waals surface area contributed by atoms with E-state index in [1.165, 1.54) is 41.5 Å². The summed E-state index contributed by atoms with van der Waals surface area (Å²) in [7, 11) is 2.01. The molecular formula is C14H25N3S. The fourth-order valence-corrected chi connectivity index (χ4v) is 4.05. The van der Waals surface area contributed by atoms with Crippen molar-refractivity contribution >= 4 is 16.5 Å². The van der Waals surface area contributed by atoms with E-state index >= 15 is 0 Å². The van der Waals surface area contributed by atoms with Crippen molar-refractivity contribution in [2.24, 2.45) is 0 Å². The molecule has 1 atom stereocenters. The maximum absolute atomic E-state index is 4.91. The average molecular weight is 267 g/mol. The molecule has 4 heteroatoms. The first-order chi connectivity index (χ1) is 8.67. The van der Waals surface area contributed by atoms with Crippen molar-refractivity contribution in [2.75, 3.05) is 18.5 Å². The molecule has 1 unspecified atom stereocenters. The lowest BCUT2D eigenvalue weighted by molar-refractivity contribution is 0.643. The Hall–Kier alpha value is -0.610. The summed E-state index contributed by atoms with van der Waals surface area (Å²) < 4.78 is 0. The highest BCUT2D eigenvalue weighted by atomic mass is 32.1. The number of nitrogens with zero attached hydrogens (tertiary/aromatic N) is 2. The Kier molecular flexibility index (Phi) is 4.62. The first-order valence-electron chi connectivity index (χ1n) is 7.08. The topological polar surface area (TPSA) is 28.2 Å². The maximum atomic E-state index is 4.91. The van der Waals surface area contributed by atoms with Gasteiger partial charge < -0.3 is 10.2 Å². The molecule has 0 amide bonds. The summed E-state index contributed by atoms with van der Waals surface area (Å²) >= 11 is 1.88. The first kappa shape index (κ1) is 13.8. The fraction of sp³-hybridized carbons (Fsp3) is 0.786. The minimum absolute atomic E-state index is 0.515. The van der Waals surface area contributed by atoms with Crippen LogP contribution in [0.3, 0.4) is 0 Å².